The van der Waals surface area contributed by atoms with E-state index in [1.54, 1.807) is 12.1 Å². The summed E-state index contributed by atoms with van der Waals surface area (Å²) in [4.78, 5) is 25.3. The van der Waals surface area contributed by atoms with Crippen molar-refractivity contribution < 1.29 is 27.5 Å². The minimum Gasteiger partial charge on any atom is -0.469 e. The number of hydrogen-bond acceptors (Lipinski definition) is 4. The molecule has 0 saturated carbocycles. The number of hydrogen-bond donors (Lipinski definition) is 0. The Morgan fingerprint density at radius 3 is 2.38 bits per heavy atom. The minimum atomic E-state index is -4.38. The number of aryl methyl sites for hydroxylation is 3. The summed E-state index contributed by atoms with van der Waals surface area (Å²) < 4.78 is 44.8. The summed E-state index contributed by atoms with van der Waals surface area (Å²) in [7, 11) is 1.36. The minimum absolute atomic E-state index is 0.00782. The molecule has 182 valence electrons. The first-order valence-electron chi connectivity index (χ1n) is 11.3. The lowest BCUT2D eigenvalue weighted by Gasteiger charge is -2.10. The summed E-state index contributed by atoms with van der Waals surface area (Å²) in [6, 6.07) is 9.40. The van der Waals surface area contributed by atoms with Gasteiger partial charge in [0, 0.05) is 28.0 Å². The first-order valence-corrected chi connectivity index (χ1v) is 12.1. The van der Waals surface area contributed by atoms with E-state index in [1.807, 2.05) is 19.1 Å². The Balaban J connectivity index is 1.79. The summed E-state index contributed by atoms with van der Waals surface area (Å²) in [5.74, 6) is 0.0590. The third kappa shape index (κ3) is 6.26. The molecule has 0 saturated heterocycles. The van der Waals surface area contributed by atoms with E-state index in [9.17, 15) is 22.8 Å². The molecule has 0 bridgehead atoms. The van der Waals surface area contributed by atoms with Crippen LogP contribution in [0.4, 0.5) is 13.2 Å². The van der Waals surface area contributed by atoms with Gasteiger partial charge in [-0.15, -0.1) is 11.3 Å². The Bertz CT molecular complexity index is 1190. The van der Waals surface area contributed by atoms with Crippen molar-refractivity contribution in [3.05, 3.63) is 69.1 Å². The second kappa shape index (κ2) is 10.7. The zero-order valence-electron chi connectivity index (χ0n) is 19.8. The zero-order chi connectivity index (χ0) is 25.0. The maximum absolute atomic E-state index is 13.2. The smallest absolute Gasteiger partial charge is 0.416 e. The summed E-state index contributed by atoms with van der Waals surface area (Å²) in [6.07, 6.45) is -2.02. The van der Waals surface area contributed by atoms with Gasteiger partial charge in [-0.1, -0.05) is 32.0 Å². The highest BCUT2D eigenvalue weighted by Gasteiger charge is 2.31. The fourth-order valence-corrected chi connectivity index (χ4v) is 5.34. The number of Topliss-reactive ketones (excluding diaryl/α,β-unsaturated/α-hetero) is 1. The highest BCUT2D eigenvalue weighted by molar-refractivity contribution is 7.19. The second-order valence-corrected chi connectivity index (χ2v) is 10.1. The molecule has 3 rings (SSSR count). The van der Waals surface area contributed by atoms with E-state index in [-0.39, 0.29) is 24.6 Å². The standard InChI is InChI=1S/C27H29F3O3S/c1-16(2)13-22-21-9-8-20(27(28,29)30)15-25(21)34-24(22)11-10-23(31)19-6-5-18(17(3)14-19)7-12-26(32)33-4/h5-6,8-9,14-16H,7,10-13H2,1-4H3. The van der Waals surface area contributed by atoms with Gasteiger partial charge < -0.3 is 4.74 Å². The van der Waals surface area contributed by atoms with E-state index in [2.05, 4.69) is 18.6 Å². The van der Waals surface area contributed by atoms with E-state index in [0.29, 0.717) is 29.0 Å². The number of fused-ring (bicyclic) bond motifs is 1. The first-order chi connectivity index (χ1) is 16.0. The predicted octanol–water partition coefficient (Wildman–Crippen LogP) is 7.35. The SMILES string of the molecule is COC(=O)CCc1ccc(C(=O)CCc2sc3cc(C(F)(F)F)ccc3c2CC(C)C)cc1C. The van der Waals surface area contributed by atoms with Gasteiger partial charge in [0.1, 0.15) is 0 Å². The molecule has 1 heterocycles. The number of thiophene rings is 1. The molecule has 0 aliphatic rings. The topological polar surface area (TPSA) is 43.4 Å². The molecule has 2 aromatic carbocycles. The Kier molecular flexibility index (Phi) is 8.18. The van der Waals surface area contributed by atoms with Gasteiger partial charge in [-0.25, -0.2) is 0 Å². The Labute approximate surface area is 201 Å². The predicted molar refractivity (Wildman–Crippen MR) is 130 cm³/mol. The van der Waals surface area contributed by atoms with Crippen molar-refractivity contribution in [3.8, 4) is 0 Å². The highest BCUT2D eigenvalue weighted by Crippen LogP contribution is 2.38. The number of rotatable bonds is 9. The number of benzene rings is 2. The van der Waals surface area contributed by atoms with Crippen molar-refractivity contribution in [3.63, 3.8) is 0 Å². The molecule has 3 nitrogen and oxygen atoms in total. The fourth-order valence-electron chi connectivity index (χ4n) is 4.07. The lowest BCUT2D eigenvalue weighted by atomic mass is 9.95. The highest BCUT2D eigenvalue weighted by atomic mass is 32.1. The van der Waals surface area contributed by atoms with Crippen LogP contribution < -0.4 is 0 Å². The molecule has 7 heteroatoms. The number of ketones is 1. The average Bonchev–Trinajstić information content (AvgIpc) is 3.11. The van der Waals surface area contributed by atoms with E-state index >= 15 is 0 Å². The van der Waals surface area contributed by atoms with Gasteiger partial charge in [0.2, 0.25) is 0 Å². The van der Waals surface area contributed by atoms with Gasteiger partial charge in [-0.05, 0) is 72.4 Å². The van der Waals surface area contributed by atoms with Gasteiger partial charge in [0.25, 0.3) is 0 Å². The molecule has 0 aliphatic carbocycles. The Hall–Kier alpha value is -2.67. The molecule has 0 spiro atoms. The van der Waals surface area contributed by atoms with Crippen molar-refractivity contribution in [1.82, 2.24) is 0 Å². The number of carbonyl (C=O) groups excluding carboxylic acids is 2. The van der Waals surface area contributed by atoms with E-state index in [0.717, 1.165) is 39.4 Å². The molecule has 0 atom stereocenters. The third-order valence-electron chi connectivity index (χ3n) is 5.89. The first kappa shape index (κ1) is 25.9. The van der Waals surface area contributed by atoms with Crippen molar-refractivity contribution >= 4 is 33.2 Å². The zero-order valence-corrected chi connectivity index (χ0v) is 20.7. The molecule has 0 fully saturated rings. The molecule has 0 amide bonds. The number of halogens is 3. The molecule has 3 aromatic rings. The summed E-state index contributed by atoms with van der Waals surface area (Å²) >= 11 is 1.35. The molecular weight excluding hydrogens is 461 g/mol. The second-order valence-electron chi connectivity index (χ2n) is 8.95. The maximum atomic E-state index is 13.2. The molecule has 0 radical (unpaired) electrons. The Morgan fingerprint density at radius 2 is 1.76 bits per heavy atom. The normalized spacial score (nSPS) is 11.9. The van der Waals surface area contributed by atoms with Gasteiger partial charge in [-0.2, -0.15) is 13.2 Å². The summed E-state index contributed by atoms with van der Waals surface area (Å²) in [5.41, 5.74) is 2.93. The van der Waals surface area contributed by atoms with Crippen LogP contribution in [-0.4, -0.2) is 18.9 Å². The summed E-state index contributed by atoms with van der Waals surface area (Å²) in [5, 5.41) is 0.847. The largest absolute Gasteiger partial charge is 0.469 e. The quantitative estimate of drug-likeness (QED) is 0.233. The number of esters is 1. The van der Waals surface area contributed by atoms with E-state index in [4.69, 9.17) is 0 Å². The van der Waals surface area contributed by atoms with Crippen LogP contribution in [0.25, 0.3) is 10.1 Å². The van der Waals surface area contributed by atoms with Crippen molar-refractivity contribution in [2.24, 2.45) is 5.92 Å². The number of methoxy groups -OCH3 is 1. The van der Waals surface area contributed by atoms with Crippen LogP contribution in [-0.2, 0) is 35.0 Å². The fraction of sp³-hybridized carbons (Fsp3) is 0.407. The summed E-state index contributed by atoms with van der Waals surface area (Å²) in [6.45, 7) is 6.06. The van der Waals surface area contributed by atoms with E-state index < -0.39 is 11.7 Å². The van der Waals surface area contributed by atoms with Gasteiger partial charge in [-0.3, -0.25) is 9.59 Å². The van der Waals surface area contributed by atoms with Crippen LogP contribution in [0.2, 0.25) is 0 Å². The molecule has 0 N–H and O–H groups in total. The maximum Gasteiger partial charge on any atom is 0.416 e. The lowest BCUT2D eigenvalue weighted by Crippen LogP contribution is -2.05. The number of carbonyl (C=O) groups is 2. The van der Waals surface area contributed by atoms with Crippen LogP contribution >= 0.6 is 11.3 Å². The average molecular weight is 491 g/mol. The monoisotopic (exact) mass is 490 g/mol. The van der Waals surface area contributed by atoms with Crippen LogP contribution in [0, 0.1) is 12.8 Å². The molecule has 1 aromatic heterocycles. The number of alkyl halides is 3. The van der Waals surface area contributed by atoms with Gasteiger partial charge in [0.05, 0.1) is 12.7 Å². The molecule has 34 heavy (non-hydrogen) atoms. The van der Waals surface area contributed by atoms with Gasteiger partial charge >= 0.3 is 12.1 Å². The van der Waals surface area contributed by atoms with E-state index in [1.165, 1.54) is 24.5 Å². The van der Waals surface area contributed by atoms with Crippen LogP contribution in [0.3, 0.4) is 0 Å². The van der Waals surface area contributed by atoms with Crippen LogP contribution in [0.5, 0.6) is 0 Å². The van der Waals surface area contributed by atoms with Crippen molar-refractivity contribution in [2.75, 3.05) is 7.11 Å². The van der Waals surface area contributed by atoms with Crippen molar-refractivity contribution in [2.45, 2.75) is 59.1 Å². The molecule has 0 aliphatic heterocycles. The van der Waals surface area contributed by atoms with Crippen LogP contribution in [0.15, 0.2) is 36.4 Å². The third-order valence-corrected chi connectivity index (χ3v) is 7.14. The Morgan fingerprint density at radius 1 is 1.03 bits per heavy atom. The van der Waals surface area contributed by atoms with Gasteiger partial charge in [0.15, 0.2) is 5.78 Å². The molecule has 0 unspecified atom stereocenters. The lowest BCUT2D eigenvalue weighted by molar-refractivity contribution is -0.140. The van der Waals surface area contributed by atoms with Crippen LogP contribution in [0.1, 0.15) is 64.2 Å². The molecular formula is C27H29F3O3S. The number of ether oxygens (including phenoxy) is 1. The van der Waals surface area contributed by atoms with Crippen molar-refractivity contribution in [1.29, 1.82) is 0 Å².